The Kier molecular flexibility index (Phi) is 4.04. The third-order valence-corrected chi connectivity index (χ3v) is 5.85. The number of H-pyrrole nitrogens is 1. The van der Waals surface area contributed by atoms with Crippen molar-refractivity contribution in [2.24, 2.45) is 0 Å². The van der Waals surface area contributed by atoms with Gasteiger partial charge in [0.15, 0.2) is 22.1 Å². The number of hydrogen-bond acceptors (Lipinski definition) is 6. The van der Waals surface area contributed by atoms with Crippen LogP contribution in [0.25, 0.3) is 10.9 Å². The average molecular weight is 351 g/mol. The van der Waals surface area contributed by atoms with Gasteiger partial charge in [0.25, 0.3) is 5.91 Å². The molecule has 1 fully saturated rings. The van der Waals surface area contributed by atoms with Gasteiger partial charge in [-0.1, -0.05) is 18.2 Å². The molecule has 1 saturated heterocycles. The van der Waals surface area contributed by atoms with E-state index in [2.05, 4.69) is 15.5 Å². The van der Waals surface area contributed by atoms with Crippen LogP contribution in [0, 0.1) is 0 Å². The predicted molar refractivity (Wildman–Crippen MR) is 86.2 cm³/mol. The Morgan fingerprint density at radius 1 is 1.38 bits per heavy atom. The molecule has 0 saturated carbocycles. The summed E-state index contributed by atoms with van der Waals surface area (Å²) in [5.41, 5.74) is -0.0212. The molecule has 0 spiro atoms. The van der Waals surface area contributed by atoms with Gasteiger partial charge in [-0.05, 0) is 19.4 Å². The summed E-state index contributed by atoms with van der Waals surface area (Å²) in [6.45, 7) is 1.17. The molecule has 1 aliphatic rings. The van der Waals surface area contributed by atoms with Crippen LogP contribution < -0.4 is 5.32 Å². The molecule has 2 N–H and O–H groups in total. The molecule has 128 valence electrons. The van der Waals surface area contributed by atoms with Crippen molar-refractivity contribution in [2.45, 2.75) is 18.9 Å². The Hall–Kier alpha value is -2.42. The number of nitrogens with one attached hydrogen (secondary N) is 2. The van der Waals surface area contributed by atoms with Gasteiger partial charge in [-0.15, -0.1) is 0 Å². The van der Waals surface area contributed by atoms with E-state index in [1.165, 1.54) is 0 Å². The maximum absolute atomic E-state index is 12.1. The van der Waals surface area contributed by atoms with Crippen molar-refractivity contribution in [1.82, 2.24) is 15.5 Å². The van der Waals surface area contributed by atoms with E-state index >= 15 is 0 Å². The number of para-hydroxylation sites is 1. The number of carbonyl (C=O) groups excluding carboxylic acids is 2. The van der Waals surface area contributed by atoms with Crippen LogP contribution in [-0.4, -0.2) is 54.1 Å². The zero-order chi connectivity index (χ0) is 17.4. The number of carbonyl (C=O) groups is 2. The highest BCUT2D eigenvalue weighted by Crippen LogP contribution is 2.22. The van der Waals surface area contributed by atoms with Crippen LogP contribution in [0.15, 0.2) is 24.3 Å². The van der Waals surface area contributed by atoms with Gasteiger partial charge in [0, 0.05) is 5.39 Å². The van der Waals surface area contributed by atoms with Crippen LogP contribution in [0.1, 0.15) is 23.8 Å². The Bertz CT molecular complexity index is 905. The summed E-state index contributed by atoms with van der Waals surface area (Å²) in [4.78, 5) is 24.0. The summed E-state index contributed by atoms with van der Waals surface area (Å²) < 4.78 is 28.0. The first kappa shape index (κ1) is 16.4. The van der Waals surface area contributed by atoms with Gasteiger partial charge in [-0.2, -0.15) is 5.10 Å². The maximum Gasteiger partial charge on any atom is 0.359 e. The quantitative estimate of drug-likeness (QED) is 0.771. The smallest absolute Gasteiger partial charge is 0.359 e. The molecule has 24 heavy (non-hydrogen) atoms. The number of rotatable bonds is 4. The maximum atomic E-state index is 12.1. The lowest BCUT2D eigenvalue weighted by molar-refractivity contribution is -0.125. The van der Waals surface area contributed by atoms with Crippen molar-refractivity contribution >= 4 is 32.6 Å². The summed E-state index contributed by atoms with van der Waals surface area (Å²) in [6.07, 6.45) is 0.346. The van der Waals surface area contributed by atoms with E-state index in [0.717, 1.165) is 0 Å². The number of ether oxygens (including phenoxy) is 1. The number of hydrogen-bond donors (Lipinski definition) is 2. The fraction of sp³-hybridized carbons (Fsp3) is 0.400. The van der Waals surface area contributed by atoms with Crippen LogP contribution in [0.5, 0.6) is 0 Å². The van der Waals surface area contributed by atoms with Crippen molar-refractivity contribution in [3.63, 3.8) is 0 Å². The lowest BCUT2D eigenvalue weighted by atomic mass is 10.0. The number of benzene rings is 1. The third kappa shape index (κ3) is 3.40. The second-order valence-corrected chi connectivity index (χ2v) is 8.33. The first-order valence-corrected chi connectivity index (χ1v) is 9.22. The molecule has 1 unspecified atom stereocenters. The van der Waals surface area contributed by atoms with Crippen molar-refractivity contribution in [3.05, 3.63) is 30.0 Å². The molecule has 2 aromatic rings. The molecule has 0 bridgehead atoms. The van der Waals surface area contributed by atoms with E-state index in [0.29, 0.717) is 17.3 Å². The van der Waals surface area contributed by atoms with E-state index in [1.54, 1.807) is 31.2 Å². The normalized spacial score (nSPS) is 22.4. The number of amides is 1. The van der Waals surface area contributed by atoms with Crippen molar-refractivity contribution < 1.29 is 22.7 Å². The van der Waals surface area contributed by atoms with Crippen LogP contribution in [0.3, 0.4) is 0 Å². The average Bonchev–Trinajstić information content (AvgIpc) is 3.05. The topological polar surface area (TPSA) is 118 Å². The largest absolute Gasteiger partial charge is 0.451 e. The molecule has 1 amide bonds. The lowest BCUT2D eigenvalue weighted by Crippen LogP contribution is -2.48. The van der Waals surface area contributed by atoms with Crippen molar-refractivity contribution in [3.8, 4) is 0 Å². The molecule has 9 heteroatoms. The molecular weight excluding hydrogens is 334 g/mol. The molecule has 0 aliphatic carbocycles. The van der Waals surface area contributed by atoms with E-state index in [9.17, 15) is 18.0 Å². The molecule has 1 aromatic heterocycles. The lowest BCUT2D eigenvalue weighted by Gasteiger charge is -2.23. The number of aromatic amines is 1. The minimum absolute atomic E-state index is 0.0445. The van der Waals surface area contributed by atoms with Gasteiger partial charge in [0.05, 0.1) is 22.6 Å². The number of esters is 1. The molecule has 3 rings (SSSR count). The summed E-state index contributed by atoms with van der Waals surface area (Å²) in [6, 6.07) is 7.06. The van der Waals surface area contributed by atoms with Gasteiger partial charge in [0.1, 0.15) is 0 Å². The van der Waals surface area contributed by atoms with Crippen LogP contribution >= 0.6 is 0 Å². The number of fused-ring (bicyclic) bond motifs is 1. The van der Waals surface area contributed by atoms with Gasteiger partial charge >= 0.3 is 5.97 Å². The molecule has 1 atom stereocenters. The summed E-state index contributed by atoms with van der Waals surface area (Å²) in [7, 11) is -3.13. The van der Waals surface area contributed by atoms with Crippen LogP contribution in [0.2, 0.25) is 0 Å². The number of sulfone groups is 1. The van der Waals surface area contributed by atoms with Gasteiger partial charge in [-0.3, -0.25) is 9.89 Å². The fourth-order valence-corrected chi connectivity index (χ4v) is 4.89. The van der Waals surface area contributed by atoms with Crippen molar-refractivity contribution in [2.75, 3.05) is 18.1 Å². The SMILES string of the molecule is CC1(NC(=O)COC(=O)c2n[nH]c3ccccc23)CCS(=O)(=O)C1. The second-order valence-electron chi connectivity index (χ2n) is 6.14. The van der Waals surface area contributed by atoms with E-state index in [4.69, 9.17) is 4.74 Å². The minimum Gasteiger partial charge on any atom is -0.451 e. The van der Waals surface area contributed by atoms with E-state index < -0.39 is 33.9 Å². The zero-order valence-corrected chi connectivity index (χ0v) is 13.9. The second kappa shape index (κ2) is 5.90. The zero-order valence-electron chi connectivity index (χ0n) is 13.0. The molecular formula is C15H17N3O5S. The molecule has 1 aliphatic heterocycles. The minimum atomic E-state index is -3.13. The Labute approximate surface area is 138 Å². The monoisotopic (exact) mass is 351 g/mol. The highest BCUT2D eigenvalue weighted by molar-refractivity contribution is 7.91. The third-order valence-electron chi connectivity index (χ3n) is 3.94. The predicted octanol–water partition coefficient (Wildman–Crippen LogP) is 0.413. The number of aromatic nitrogens is 2. The summed E-state index contributed by atoms with van der Waals surface area (Å²) in [5.74, 6) is -1.32. The van der Waals surface area contributed by atoms with Crippen LogP contribution in [0.4, 0.5) is 0 Å². The van der Waals surface area contributed by atoms with Gasteiger partial charge in [-0.25, -0.2) is 13.2 Å². The molecule has 1 aromatic carbocycles. The fourth-order valence-electron chi connectivity index (χ4n) is 2.80. The Morgan fingerprint density at radius 3 is 2.83 bits per heavy atom. The van der Waals surface area contributed by atoms with E-state index in [1.807, 2.05) is 0 Å². The van der Waals surface area contributed by atoms with Gasteiger partial charge < -0.3 is 10.1 Å². The standard InChI is InChI=1S/C15H17N3O5S/c1-15(6-7-24(21,22)9-15)16-12(19)8-23-14(20)13-10-4-2-3-5-11(10)17-18-13/h2-5H,6-9H2,1H3,(H,16,19)(H,17,18). The Balaban J connectivity index is 1.59. The summed E-state index contributed by atoms with van der Waals surface area (Å²) >= 11 is 0. The highest BCUT2D eigenvalue weighted by Gasteiger charge is 2.39. The van der Waals surface area contributed by atoms with Crippen molar-refractivity contribution in [1.29, 1.82) is 0 Å². The first-order valence-electron chi connectivity index (χ1n) is 7.40. The highest BCUT2D eigenvalue weighted by atomic mass is 32.2. The summed E-state index contributed by atoms with van der Waals surface area (Å²) in [5, 5.41) is 9.84. The number of nitrogens with zero attached hydrogens (tertiary/aromatic N) is 1. The Morgan fingerprint density at radius 2 is 2.12 bits per heavy atom. The first-order chi connectivity index (χ1) is 11.3. The van der Waals surface area contributed by atoms with Crippen LogP contribution in [-0.2, 0) is 19.4 Å². The van der Waals surface area contributed by atoms with E-state index in [-0.39, 0.29) is 17.2 Å². The van der Waals surface area contributed by atoms with Gasteiger partial charge in [0.2, 0.25) is 0 Å². The molecule has 2 heterocycles. The molecule has 8 nitrogen and oxygen atoms in total. The molecule has 0 radical (unpaired) electrons.